The molecule has 2 aromatic rings. The van der Waals surface area contributed by atoms with Gasteiger partial charge in [-0.1, -0.05) is 60.1 Å². The largest absolute Gasteiger partial charge is 0.506 e. The Labute approximate surface area is 156 Å². The molecule has 4 heteroatoms. The average molecular weight is 398 g/mol. The number of rotatable bonds is 2. The van der Waals surface area contributed by atoms with Crippen LogP contribution in [0.15, 0.2) is 69.6 Å². The molecule has 3 nitrogen and oxygen atoms in total. The van der Waals surface area contributed by atoms with Crippen molar-refractivity contribution in [3.05, 3.63) is 70.2 Å². The Bertz CT molecular complexity index is 849. The minimum Gasteiger partial charge on any atom is -0.506 e. The van der Waals surface area contributed by atoms with Gasteiger partial charge in [0.15, 0.2) is 5.78 Å². The minimum atomic E-state index is -0.175. The van der Waals surface area contributed by atoms with Gasteiger partial charge in [-0.05, 0) is 36.1 Å². The summed E-state index contributed by atoms with van der Waals surface area (Å²) in [6, 6.07) is 16.8. The molecule has 25 heavy (non-hydrogen) atoms. The molecule has 0 spiro atoms. The second-order valence-corrected chi connectivity index (χ2v) is 7.98. The van der Waals surface area contributed by atoms with Crippen LogP contribution >= 0.6 is 15.9 Å². The minimum absolute atomic E-state index is 0.0111. The van der Waals surface area contributed by atoms with Gasteiger partial charge in [0.05, 0.1) is 17.0 Å². The number of hydrogen-bond acceptors (Lipinski definition) is 3. The Hall–Kier alpha value is -2.20. The van der Waals surface area contributed by atoms with Crippen LogP contribution in [0.5, 0.6) is 0 Å². The van der Waals surface area contributed by atoms with Gasteiger partial charge >= 0.3 is 0 Å². The Morgan fingerprint density at radius 3 is 2.32 bits per heavy atom. The fraction of sp³-hybridized carbons (Fsp3) is 0.238. The first-order valence-corrected chi connectivity index (χ1v) is 9.00. The van der Waals surface area contributed by atoms with Gasteiger partial charge in [-0.25, -0.2) is 0 Å². The SMILES string of the molecule is CC1(C)CC(=O)C(=C(O)c2ccccc2)C(=Nc2ccc(Br)cc2)C1. The molecular weight excluding hydrogens is 378 g/mol. The van der Waals surface area contributed by atoms with Crippen LogP contribution in [0.25, 0.3) is 5.76 Å². The van der Waals surface area contributed by atoms with Gasteiger partial charge < -0.3 is 5.11 Å². The summed E-state index contributed by atoms with van der Waals surface area (Å²) in [5.74, 6) is -0.0505. The summed E-state index contributed by atoms with van der Waals surface area (Å²) < 4.78 is 0.972. The lowest BCUT2D eigenvalue weighted by molar-refractivity contribution is -0.117. The molecule has 128 valence electrons. The second kappa shape index (κ2) is 6.96. The van der Waals surface area contributed by atoms with Gasteiger partial charge in [0, 0.05) is 16.5 Å². The van der Waals surface area contributed by atoms with E-state index in [0.717, 1.165) is 10.2 Å². The predicted molar refractivity (Wildman–Crippen MR) is 105 cm³/mol. The van der Waals surface area contributed by atoms with Crippen LogP contribution in [0.3, 0.4) is 0 Å². The van der Waals surface area contributed by atoms with E-state index in [-0.39, 0.29) is 17.0 Å². The maximum absolute atomic E-state index is 12.8. The van der Waals surface area contributed by atoms with Gasteiger partial charge in [0.1, 0.15) is 5.76 Å². The number of carbonyl (C=O) groups excluding carboxylic acids is 1. The quantitative estimate of drug-likeness (QED) is 0.507. The molecule has 0 amide bonds. The lowest BCUT2D eigenvalue weighted by atomic mass is 9.73. The van der Waals surface area contributed by atoms with E-state index >= 15 is 0 Å². The molecule has 1 aliphatic carbocycles. The smallest absolute Gasteiger partial charge is 0.169 e. The Kier molecular flexibility index (Phi) is 4.91. The molecule has 0 unspecified atom stereocenters. The van der Waals surface area contributed by atoms with Crippen LogP contribution in [-0.4, -0.2) is 16.6 Å². The first kappa shape index (κ1) is 17.6. The summed E-state index contributed by atoms with van der Waals surface area (Å²) >= 11 is 3.41. The molecule has 1 aliphatic rings. The Balaban J connectivity index is 2.13. The molecule has 0 heterocycles. The van der Waals surface area contributed by atoms with Crippen LogP contribution in [0.2, 0.25) is 0 Å². The molecule has 0 atom stereocenters. The van der Waals surface area contributed by atoms with Crippen molar-refractivity contribution in [2.24, 2.45) is 10.4 Å². The molecule has 3 rings (SSSR count). The number of allylic oxidation sites excluding steroid dienone is 1. The highest BCUT2D eigenvalue weighted by molar-refractivity contribution is 9.10. The molecule has 1 N–H and O–H groups in total. The normalized spacial score (nSPS) is 20.6. The molecule has 0 radical (unpaired) electrons. The molecule has 0 saturated heterocycles. The van der Waals surface area contributed by atoms with Crippen molar-refractivity contribution in [1.82, 2.24) is 0 Å². The number of carbonyl (C=O) groups is 1. The number of Topliss-reactive ketones (excluding diaryl/α,β-unsaturated/α-hetero) is 1. The number of nitrogens with zero attached hydrogens (tertiary/aromatic N) is 1. The fourth-order valence-corrected chi connectivity index (χ4v) is 3.33. The lowest BCUT2D eigenvalue weighted by Crippen LogP contribution is -2.32. The molecule has 2 aromatic carbocycles. The highest BCUT2D eigenvalue weighted by Crippen LogP contribution is 2.37. The van der Waals surface area contributed by atoms with Crippen LogP contribution in [0, 0.1) is 5.41 Å². The third-order valence-electron chi connectivity index (χ3n) is 4.23. The average Bonchev–Trinajstić information content (AvgIpc) is 2.56. The third-order valence-corrected chi connectivity index (χ3v) is 4.76. The van der Waals surface area contributed by atoms with Crippen molar-refractivity contribution in [2.45, 2.75) is 26.7 Å². The molecule has 0 aliphatic heterocycles. The molecular formula is C21H20BrNO2. The van der Waals surface area contributed by atoms with Crippen LogP contribution < -0.4 is 0 Å². The third kappa shape index (κ3) is 4.07. The first-order chi connectivity index (χ1) is 11.9. The molecule has 0 bridgehead atoms. The fourth-order valence-electron chi connectivity index (χ4n) is 3.06. The van der Waals surface area contributed by atoms with Crippen molar-refractivity contribution >= 4 is 38.9 Å². The molecule has 0 aromatic heterocycles. The standard InChI is InChI=1S/C21H20BrNO2/c1-21(2)12-17(23-16-10-8-15(22)9-11-16)19(18(24)13-21)20(25)14-6-4-3-5-7-14/h3-11,25H,12-13H2,1-2H3. The van der Waals surface area contributed by atoms with Crippen molar-refractivity contribution in [2.75, 3.05) is 0 Å². The summed E-state index contributed by atoms with van der Waals surface area (Å²) in [5, 5.41) is 10.7. The van der Waals surface area contributed by atoms with E-state index in [1.165, 1.54) is 0 Å². The zero-order chi connectivity index (χ0) is 18.0. The number of halogens is 1. The van der Waals surface area contributed by atoms with E-state index in [1.807, 2.05) is 42.5 Å². The van der Waals surface area contributed by atoms with E-state index in [1.54, 1.807) is 12.1 Å². The number of benzene rings is 2. The maximum atomic E-state index is 12.8. The van der Waals surface area contributed by atoms with E-state index < -0.39 is 0 Å². The van der Waals surface area contributed by atoms with E-state index in [4.69, 9.17) is 4.99 Å². The van der Waals surface area contributed by atoms with Gasteiger partial charge in [-0.3, -0.25) is 9.79 Å². The Morgan fingerprint density at radius 1 is 1.04 bits per heavy atom. The van der Waals surface area contributed by atoms with Crippen LogP contribution in [0.4, 0.5) is 5.69 Å². The molecule has 1 saturated carbocycles. The summed E-state index contributed by atoms with van der Waals surface area (Å²) in [4.78, 5) is 17.5. The zero-order valence-corrected chi connectivity index (χ0v) is 15.9. The van der Waals surface area contributed by atoms with Gasteiger partial charge in [-0.2, -0.15) is 0 Å². The number of ketones is 1. The lowest BCUT2D eigenvalue weighted by Gasteiger charge is -2.31. The molecule has 1 fully saturated rings. The topological polar surface area (TPSA) is 49.7 Å². The maximum Gasteiger partial charge on any atom is 0.169 e. The number of aliphatic hydroxyl groups excluding tert-OH is 1. The summed E-state index contributed by atoms with van der Waals surface area (Å²) in [5.41, 5.74) is 2.21. The van der Waals surface area contributed by atoms with Gasteiger partial charge in [0.25, 0.3) is 0 Å². The van der Waals surface area contributed by atoms with Crippen molar-refractivity contribution < 1.29 is 9.90 Å². The summed E-state index contributed by atoms with van der Waals surface area (Å²) in [6.45, 7) is 4.11. The monoisotopic (exact) mass is 397 g/mol. The zero-order valence-electron chi connectivity index (χ0n) is 14.3. The number of aliphatic imine (C=N–C) groups is 1. The highest BCUT2D eigenvalue weighted by atomic mass is 79.9. The predicted octanol–water partition coefficient (Wildman–Crippen LogP) is 5.88. The Morgan fingerprint density at radius 2 is 1.68 bits per heavy atom. The second-order valence-electron chi connectivity index (χ2n) is 7.07. The van der Waals surface area contributed by atoms with E-state index in [0.29, 0.717) is 29.7 Å². The highest BCUT2D eigenvalue weighted by Gasteiger charge is 2.36. The van der Waals surface area contributed by atoms with Crippen LogP contribution in [0.1, 0.15) is 32.3 Å². The van der Waals surface area contributed by atoms with Crippen LogP contribution in [-0.2, 0) is 4.79 Å². The van der Waals surface area contributed by atoms with Gasteiger partial charge in [0.2, 0.25) is 0 Å². The van der Waals surface area contributed by atoms with E-state index in [9.17, 15) is 9.90 Å². The summed E-state index contributed by atoms with van der Waals surface area (Å²) in [7, 11) is 0. The van der Waals surface area contributed by atoms with Crippen molar-refractivity contribution in [3.63, 3.8) is 0 Å². The van der Waals surface area contributed by atoms with E-state index in [2.05, 4.69) is 29.8 Å². The number of aliphatic hydroxyl groups is 1. The summed E-state index contributed by atoms with van der Waals surface area (Å²) in [6.07, 6.45) is 1.04. The van der Waals surface area contributed by atoms with Crippen molar-refractivity contribution in [3.8, 4) is 0 Å². The van der Waals surface area contributed by atoms with Gasteiger partial charge in [-0.15, -0.1) is 0 Å². The van der Waals surface area contributed by atoms with Crippen molar-refractivity contribution in [1.29, 1.82) is 0 Å². The number of hydrogen-bond donors (Lipinski definition) is 1. The first-order valence-electron chi connectivity index (χ1n) is 8.21.